The largest absolute Gasteiger partial charge is 0.479 e. The maximum atomic E-state index is 11.8. The average molecular weight is 331 g/mol. The summed E-state index contributed by atoms with van der Waals surface area (Å²) in [6.45, 7) is 0.899. The highest BCUT2D eigenvalue weighted by Gasteiger charge is 2.24. The van der Waals surface area contributed by atoms with Crippen molar-refractivity contribution in [1.82, 2.24) is 10.6 Å². The number of rotatable bonds is 6. The van der Waals surface area contributed by atoms with Gasteiger partial charge in [0, 0.05) is 6.04 Å². The molecule has 1 fully saturated rings. The zero-order chi connectivity index (χ0) is 17.5. The van der Waals surface area contributed by atoms with E-state index in [-0.39, 0.29) is 6.04 Å². The monoisotopic (exact) mass is 331 g/mol. The molecule has 1 aromatic rings. The van der Waals surface area contributed by atoms with Crippen LogP contribution in [0.3, 0.4) is 0 Å². The summed E-state index contributed by atoms with van der Waals surface area (Å²) in [4.78, 5) is 34.6. The number of amides is 3. The van der Waals surface area contributed by atoms with Gasteiger partial charge in [0.25, 0.3) is 5.91 Å². The second kappa shape index (κ2) is 7.97. The minimum atomic E-state index is -0.939. The number of hydrogen-bond donors (Lipinski definition) is 2. The zero-order valence-electron chi connectivity index (χ0n) is 13.1. The van der Waals surface area contributed by atoms with Gasteiger partial charge in [0.1, 0.15) is 5.75 Å². The minimum absolute atomic E-state index is 0.126. The van der Waals surface area contributed by atoms with Crippen LogP contribution >= 0.6 is 0 Å². The van der Waals surface area contributed by atoms with Crippen LogP contribution in [0, 0.1) is 11.3 Å². The topological polar surface area (TPSA) is 118 Å². The van der Waals surface area contributed by atoms with Crippen molar-refractivity contribution in [3.63, 3.8) is 0 Å². The molecule has 0 unspecified atom stereocenters. The molecule has 0 radical (unpaired) electrons. The van der Waals surface area contributed by atoms with Crippen LogP contribution in [-0.4, -0.2) is 36.7 Å². The maximum absolute atomic E-state index is 11.8. The molecule has 1 aliphatic rings. The van der Waals surface area contributed by atoms with E-state index in [0.29, 0.717) is 11.3 Å². The lowest BCUT2D eigenvalue weighted by molar-refractivity contribution is -0.154. The fourth-order valence-electron chi connectivity index (χ4n) is 1.73. The third kappa shape index (κ3) is 5.61. The van der Waals surface area contributed by atoms with Crippen LogP contribution in [0.1, 0.15) is 25.3 Å². The lowest BCUT2D eigenvalue weighted by atomic mass is 10.2. The number of hydrogen-bond acceptors (Lipinski definition) is 6. The number of urea groups is 1. The first-order valence-corrected chi connectivity index (χ1v) is 7.41. The highest BCUT2D eigenvalue weighted by molar-refractivity contribution is 5.95. The Morgan fingerprint density at radius 1 is 1.29 bits per heavy atom. The molecule has 2 rings (SSSR count). The van der Waals surface area contributed by atoms with E-state index in [2.05, 4.69) is 10.6 Å². The van der Waals surface area contributed by atoms with E-state index < -0.39 is 30.6 Å². The van der Waals surface area contributed by atoms with Crippen molar-refractivity contribution in [2.45, 2.75) is 31.9 Å². The highest BCUT2D eigenvalue weighted by atomic mass is 16.6. The van der Waals surface area contributed by atoms with Crippen LogP contribution in [0.2, 0.25) is 0 Å². The second-order valence-electron chi connectivity index (χ2n) is 5.30. The SMILES string of the molecule is C[C@H](Oc1ccc(C#N)cc1)C(=O)OCC(=O)NC(=O)NC1CC1. The molecule has 8 heteroatoms. The molecule has 0 aliphatic heterocycles. The van der Waals surface area contributed by atoms with Gasteiger partial charge < -0.3 is 14.8 Å². The Bertz CT molecular complexity index is 661. The summed E-state index contributed by atoms with van der Waals surface area (Å²) in [5.41, 5.74) is 0.471. The van der Waals surface area contributed by atoms with Crippen molar-refractivity contribution < 1.29 is 23.9 Å². The number of esters is 1. The van der Waals surface area contributed by atoms with Gasteiger partial charge in [0.05, 0.1) is 11.6 Å². The molecule has 24 heavy (non-hydrogen) atoms. The Morgan fingerprint density at radius 3 is 2.54 bits per heavy atom. The average Bonchev–Trinajstić information content (AvgIpc) is 3.37. The van der Waals surface area contributed by atoms with Gasteiger partial charge in [-0.15, -0.1) is 0 Å². The van der Waals surface area contributed by atoms with Crippen LogP contribution in [0.5, 0.6) is 5.75 Å². The fraction of sp³-hybridized carbons (Fsp3) is 0.375. The summed E-state index contributed by atoms with van der Waals surface area (Å²) in [7, 11) is 0. The number of ether oxygens (including phenoxy) is 2. The molecule has 0 saturated heterocycles. The number of nitrogens with one attached hydrogen (secondary N) is 2. The number of carbonyl (C=O) groups excluding carboxylic acids is 3. The molecule has 1 aliphatic carbocycles. The van der Waals surface area contributed by atoms with E-state index >= 15 is 0 Å². The summed E-state index contributed by atoms with van der Waals surface area (Å²) < 4.78 is 10.2. The molecule has 8 nitrogen and oxygen atoms in total. The Labute approximate surface area is 138 Å². The third-order valence-corrected chi connectivity index (χ3v) is 3.14. The Morgan fingerprint density at radius 2 is 1.96 bits per heavy atom. The van der Waals surface area contributed by atoms with Crippen molar-refractivity contribution in [1.29, 1.82) is 5.26 Å². The lowest BCUT2D eigenvalue weighted by Crippen LogP contribution is -2.42. The number of imide groups is 1. The van der Waals surface area contributed by atoms with Gasteiger partial charge in [-0.2, -0.15) is 5.26 Å². The van der Waals surface area contributed by atoms with Gasteiger partial charge in [-0.1, -0.05) is 0 Å². The number of nitriles is 1. The molecule has 0 spiro atoms. The molecule has 1 aromatic carbocycles. The van der Waals surface area contributed by atoms with Crippen molar-refractivity contribution in [3.05, 3.63) is 29.8 Å². The highest BCUT2D eigenvalue weighted by Crippen LogP contribution is 2.18. The Balaban J connectivity index is 1.71. The first-order chi connectivity index (χ1) is 11.5. The quantitative estimate of drug-likeness (QED) is 0.746. The molecule has 2 N–H and O–H groups in total. The summed E-state index contributed by atoms with van der Waals surface area (Å²) in [5, 5.41) is 13.4. The summed E-state index contributed by atoms with van der Waals surface area (Å²) in [6, 6.07) is 7.71. The fourth-order valence-corrected chi connectivity index (χ4v) is 1.73. The van der Waals surface area contributed by atoms with Crippen molar-refractivity contribution >= 4 is 17.9 Å². The molecule has 1 saturated carbocycles. The molecule has 0 heterocycles. The minimum Gasteiger partial charge on any atom is -0.479 e. The van der Waals surface area contributed by atoms with Crippen molar-refractivity contribution in [2.75, 3.05) is 6.61 Å². The molecule has 0 aromatic heterocycles. The van der Waals surface area contributed by atoms with E-state index in [1.807, 2.05) is 6.07 Å². The van der Waals surface area contributed by atoms with Crippen molar-refractivity contribution in [3.8, 4) is 11.8 Å². The van der Waals surface area contributed by atoms with Crippen LogP contribution < -0.4 is 15.4 Å². The van der Waals surface area contributed by atoms with E-state index in [0.717, 1.165) is 12.8 Å². The molecule has 3 amide bonds. The Hall–Kier alpha value is -3.08. The van der Waals surface area contributed by atoms with E-state index in [1.54, 1.807) is 24.3 Å². The lowest BCUT2D eigenvalue weighted by Gasteiger charge is -2.14. The molecular formula is C16H17N3O5. The van der Waals surface area contributed by atoms with E-state index in [4.69, 9.17) is 14.7 Å². The summed E-state index contributed by atoms with van der Waals surface area (Å²) >= 11 is 0. The van der Waals surface area contributed by atoms with Gasteiger partial charge in [0.2, 0.25) is 0 Å². The number of carbonyl (C=O) groups is 3. The summed E-state index contributed by atoms with van der Waals surface area (Å²) in [5.74, 6) is -1.06. The van der Waals surface area contributed by atoms with Crippen LogP contribution in [0.4, 0.5) is 4.79 Å². The predicted molar refractivity (Wildman–Crippen MR) is 81.9 cm³/mol. The molecular weight excluding hydrogens is 314 g/mol. The van der Waals surface area contributed by atoms with Gasteiger partial charge >= 0.3 is 12.0 Å². The van der Waals surface area contributed by atoms with Gasteiger partial charge in [0.15, 0.2) is 12.7 Å². The van der Waals surface area contributed by atoms with Crippen LogP contribution in [-0.2, 0) is 14.3 Å². The summed E-state index contributed by atoms with van der Waals surface area (Å²) in [6.07, 6.45) is 0.868. The maximum Gasteiger partial charge on any atom is 0.347 e. The van der Waals surface area contributed by atoms with Crippen LogP contribution in [0.15, 0.2) is 24.3 Å². The number of nitrogens with zero attached hydrogens (tertiary/aromatic N) is 1. The first-order valence-electron chi connectivity index (χ1n) is 7.41. The van der Waals surface area contributed by atoms with Gasteiger partial charge in [-0.3, -0.25) is 10.1 Å². The molecule has 1 atom stereocenters. The Kier molecular flexibility index (Phi) is 5.73. The van der Waals surface area contributed by atoms with E-state index in [1.165, 1.54) is 6.92 Å². The smallest absolute Gasteiger partial charge is 0.347 e. The van der Waals surface area contributed by atoms with Gasteiger partial charge in [-0.25, -0.2) is 9.59 Å². The second-order valence-corrected chi connectivity index (χ2v) is 5.30. The number of benzene rings is 1. The van der Waals surface area contributed by atoms with E-state index in [9.17, 15) is 14.4 Å². The third-order valence-electron chi connectivity index (χ3n) is 3.14. The van der Waals surface area contributed by atoms with Gasteiger partial charge in [-0.05, 0) is 44.0 Å². The standard InChI is InChI=1S/C16H17N3O5/c1-10(24-13-6-2-11(8-17)3-7-13)15(21)23-9-14(20)19-16(22)18-12-4-5-12/h2-3,6-7,10,12H,4-5,9H2,1H3,(H2,18,19,20,22)/t10-/m0/s1. The zero-order valence-corrected chi connectivity index (χ0v) is 13.1. The van der Waals surface area contributed by atoms with Crippen LogP contribution in [0.25, 0.3) is 0 Å². The van der Waals surface area contributed by atoms with Crippen molar-refractivity contribution in [2.24, 2.45) is 0 Å². The predicted octanol–water partition coefficient (Wildman–Crippen LogP) is 0.857. The normalized spacial score (nSPS) is 14.0. The molecule has 0 bridgehead atoms. The molecule has 126 valence electrons. The first kappa shape index (κ1) is 17.3.